The lowest BCUT2D eigenvalue weighted by Gasteiger charge is -2.26. The number of aryl methyl sites for hydroxylation is 2. The average Bonchev–Trinajstić information content (AvgIpc) is 2.44. The molecule has 0 saturated heterocycles. The third-order valence-electron chi connectivity index (χ3n) is 3.79. The second-order valence-corrected chi connectivity index (χ2v) is 5.60. The van der Waals surface area contributed by atoms with Crippen LogP contribution in [0, 0.1) is 13.8 Å². The van der Waals surface area contributed by atoms with Crippen LogP contribution in [0.25, 0.3) is 0 Å². The van der Waals surface area contributed by atoms with Crippen molar-refractivity contribution >= 4 is 0 Å². The minimum Gasteiger partial charge on any atom is -0.493 e. The molecule has 2 nitrogen and oxygen atoms in total. The number of benzene rings is 2. The molecule has 0 saturated carbocycles. The maximum absolute atomic E-state index is 5.70. The standard InChI is InChI=1S/C18H21NO/c1-13-9-14(2)11-15(10-13)12-19-17-7-8-20-18-6-4-3-5-16(17)18/h3-6,9-11,17,19H,7-8,12H2,1-2H3. The molecule has 104 valence electrons. The number of fused-ring (bicyclic) bond motifs is 1. The molecule has 2 aromatic rings. The van der Waals surface area contributed by atoms with Gasteiger partial charge in [-0.1, -0.05) is 47.5 Å². The predicted molar refractivity (Wildman–Crippen MR) is 82.1 cm³/mol. The highest BCUT2D eigenvalue weighted by molar-refractivity contribution is 5.37. The minimum atomic E-state index is 0.390. The Morgan fingerprint density at radius 1 is 1.10 bits per heavy atom. The number of hydrogen-bond acceptors (Lipinski definition) is 2. The lowest BCUT2D eigenvalue weighted by molar-refractivity contribution is 0.252. The Morgan fingerprint density at radius 2 is 1.85 bits per heavy atom. The fourth-order valence-electron chi connectivity index (χ4n) is 2.97. The van der Waals surface area contributed by atoms with Gasteiger partial charge in [0.05, 0.1) is 6.61 Å². The fraction of sp³-hybridized carbons (Fsp3) is 0.333. The van der Waals surface area contributed by atoms with Crippen molar-refractivity contribution in [2.24, 2.45) is 0 Å². The van der Waals surface area contributed by atoms with E-state index in [-0.39, 0.29) is 0 Å². The first kappa shape index (κ1) is 13.2. The molecule has 1 aliphatic heterocycles. The highest BCUT2D eigenvalue weighted by Gasteiger charge is 2.20. The molecule has 1 unspecified atom stereocenters. The van der Waals surface area contributed by atoms with E-state index >= 15 is 0 Å². The van der Waals surface area contributed by atoms with Crippen LogP contribution < -0.4 is 10.1 Å². The first-order valence-electron chi connectivity index (χ1n) is 7.24. The third kappa shape index (κ3) is 2.86. The Morgan fingerprint density at radius 3 is 2.65 bits per heavy atom. The Balaban J connectivity index is 1.73. The van der Waals surface area contributed by atoms with Crippen molar-refractivity contribution in [2.75, 3.05) is 6.61 Å². The third-order valence-corrected chi connectivity index (χ3v) is 3.79. The van der Waals surface area contributed by atoms with Crippen molar-refractivity contribution in [3.05, 3.63) is 64.7 Å². The van der Waals surface area contributed by atoms with E-state index in [0.29, 0.717) is 6.04 Å². The van der Waals surface area contributed by atoms with E-state index in [4.69, 9.17) is 4.74 Å². The number of para-hydroxylation sites is 1. The summed E-state index contributed by atoms with van der Waals surface area (Å²) >= 11 is 0. The molecule has 1 N–H and O–H groups in total. The van der Waals surface area contributed by atoms with Gasteiger partial charge in [0, 0.05) is 24.6 Å². The Labute approximate surface area is 120 Å². The highest BCUT2D eigenvalue weighted by Crippen LogP contribution is 2.31. The van der Waals surface area contributed by atoms with Gasteiger partial charge in [0.2, 0.25) is 0 Å². The van der Waals surface area contributed by atoms with E-state index < -0.39 is 0 Å². The largest absolute Gasteiger partial charge is 0.493 e. The molecule has 1 aliphatic rings. The van der Waals surface area contributed by atoms with Crippen LogP contribution in [0.4, 0.5) is 0 Å². The molecule has 0 radical (unpaired) electrons. The van der Waals surface area contributed by atoms with Gasteiger partial charge >= 0.3 is 0 Å². The molecule has 0 spiro atoms. The van der Waals surface area contributed by atoms with Gasteiger partial charge in [0.1, 0.15) is 5.75 Å². The highest BCUT2D eigenvalue weighted by atomic mass is 16.5. The van der Waals surface area contributed by atoms with Crippen LogP contribution >= 0.6 is 0 Å². The van der Waals surface area contributed by atoms with Crippen molar-refractivity contribution in [1.82, 2.24) is 5.32 Å². The van der Waals surface area contributed by atoms with Crippen LogP contribution in [0.15, 0.2) is 42.5 Å². The minimum absolute atomic E-state index is 0.390. The Bertz CT molecular complexity index is 586. The number of rotatable bonds is 3. The Hall–Kier alpha value is -1.80. The van der Waals surface area contributed by atoms with E-state index in [0.717, 1.165) is 25.3 Å². The SMILES string of the molecule is Cc1cc(C)cc(CNC2CCOc3ccccc32)c1. The summed E-state index contributed by atoms with van der Waals surface area (Å²) < 4.78 is 5.70. The first-order valence-corrected chi connectivity index (χ1v) is 7.24. The summed E-state index contributed by atoms with van der Waals surface area (Å²) in [4.78, 5) is 0. The molecule has 0 aromatic heterocycles. The lowest BCUT2D eigenvalue weighted by atomic mass is 10.00. The molecule has 0 aliphatic carbocycles. The molecule has 1 atom stereocenters. The molecular formula is C18H21NO. The number of nitrogens with one attached hydrogen (secondary N) is 1. The molecule has 2 aromatic carbocycles. The molecule has 0 amide bonds. The summed E-state index contributed by atoms with van der Waals surface area (Å²) in [5, 5.41) is 3.67. The number of ether oxygens (including phenoxy) is 1. The summed E-state index contributed by atoms with van der Waals surface area (Å²) in [6.45, 7) is 6.00. The van der Waals surface area contributed by atoms with Crippen molar-refractivity contribution < 1.29 is 4.74 Å². The molecule has 2 heteroatoms. The van der Waals surface area contributed by atoms with E-state index in [1.165, 1.54) is 22.3 Å². The molecule has 1 heterocycles. The molecule has 0 bridgehead atoms. The zero-order chi connectivity index (χ0) is 13.9. The van der Waals surface area contributed by atoms with Gasteiger partial charge in [0.25, 0.3) is 0 Å². The maximum Gasteiger partial charge on any atom is 0.124 e. The lowest BCUT2D eigenvalue weighted by Crippen LogP contribution is -2.26. The normalized spacial score (nSPS) is 17.4. The predicted octanol–water partition coefficient (Wildman–Crippen LogP) is 3.92. The monoisotopic (exact) mass is 267 g/mol. The second kappa shape index (κ2) is 5.68. The average molecular weight is 267 g/mol. The fourth-order valence-corrected chi connectivity index (χ4v) is 2.97. The van der Waals surface area contributed by atoms with E-state index in [9.17, 15) is 0 Å². The van der Waals surface area contributed by atoms with Gasteiger partial charge in [-0.25, -0.2) is 0 Å². The summed E-state index contributed by atoms with van der Waals surface area (Å²) in [5.74, 6) is 1.02. The molecule has 20 heavy (non-hydrogen) atoms. The van der Waals surface area contributed by atoms with Crippen LogP contribution in [-0.2, 0) is 6.54 Å². The van der Waals surface area contributed by atoms with E-state index in [2.05, 4.69) is 55.6 Å². The van der Waals surface area contributed by atoms with Crippen LogP contribution in [0.5, 0.6) is 5.75 Å². The zero-order valence-corrected chi connectivity index (χ0v) is 12.1. The first-order chi connectivity index (χ1) is 9.72. The summed E-state index contributed by atoms with van der Waals surface area (Å²) in [6, 6.07) is 15.4. The van der Waals surface area contributed by atoms with E-state index in [1.54, 1.807) is 0 Å². The molecule has 3 rings (SSSR count). The van der Waals surface area contributed by atoms with Crippen LogP contribution in [0.2, 0.25) is 0 Å². The molecular weight excluding hydrogens is 246 g/mol. The van der Waals surface area contributed by atoms with Gasteiger partial charge in [-0.15, -0.1) is 0 Å². The van der Waals surface area contributed by atoms with Crippen LogP contribution in [0.1, 0.15) is 34.7 Å². The van der Waals surface area contributed by atoms with Crippen LogP contribution in [-0.4, -0.2) is 6.61 Å². The van der Waals surface area contributed by atoms with Gasteiger partial charge < -0.3 is 10.1 Å². The quantitative estimate of drug-likeness (QED) is 0.910. The maximum atomic E-state index is 5.70. The number of hydrogen-bond donors (Lipinski definition) is 1. The second-order valence-electron chi connectivity index (χ2n) is 5.60. The van der Waals surface area contributed by atoms with Crippen molar-refractivity contribution in [3.63, 3.8) is 0 Å². The van der Waals surface area contributed by atoms with Crippen LogP contribution in [0.3, 0.4) is 0 Å². The van der Waals surface area contributed by atoms with Crippen molar-refractivity contribution in [2.45, 2.75) is 32.9 Å². The van der Waals surface area contributed by atoms with Gasteiger partial charge in [0.15, 0.2) is 0 Å². The summed E-state index contributed by atoms with van der Waals surface area (Å²) in [5.41, 5.74) is 5.29. The van der Waals surface area contributed by atoms with Gasteiger partial charge in [-0.3, -0.25) is 0 Å². The van der Waals surface area contributed by atoms with E-state index in [1.807, 2.05) is 6.07 Å². The van der Waals surface area contributed by atoms with Crippen molar-refractivity contribution in [1.29, 1.82) is 0 Å². The summed E-state index contributed by atoms with van der Waals surface area (Å²) in [7, 11) is 0. The zero-order valence-electron chi connectivity index (χ0n) is 12.1. The van der Waals surface area contributed by atoms with Gasteiger partial charge in [-0.2, -0.15) is 0 Å². The molecule has 0 fully saturated rings. The smallest absolute Gasteiger partial charge is 0.124 e. The van der Waals surface area contributed by atoms with Crippen molar-refractivity contribution in [3.8, 4) is 5.75 Å². The topological polar surface area (TPSA) is 21.3 Å². The Kier molecular flexibility index (Phi) is 3.75. The summed E-state index contributed by atoms with van der Waals surface area (Å²) in [6.07, 6.45) is 1.03. The van der Waals surface area contributed by atoms with Gasteiger partial charge in [-0.05, 0) is 25.5 Å².